The van der Waals surface area contributed by atoms with Crippen LogP contribution >= 0.6 is 15.9 Å². The van der Waals surface area contributed by atoms with Gasteiger partial charge in [0.15, 0.2) is 0 Å². The first kappa shape index (κ1) is 14.7. The number of nitro benzene ring substituents is 1. The maximum atomic E-state index is 12.4. The van der Waals surface area contributed by atoms with E-state index in [1.165, 1.54) is 12.3 Å². The maximum Gasteiger partial charge on any atom is 0.324 e. The first-order valence-corrected chi connectivity index (χ1v) is 7.62. The minimum Gasteiger partial charge on any atom is -0.323 e. The number of anilines is 1. The second-order valence-corrected chi connectivity index (χ2v) is 5.75. The molecule has 1 fully saturated rings. The van der Waals surface area contributed by atoms with E-state index in [2.05, 4.69) is 20.9 Å². The fourth-order valence-corrected chi connectivity index (χ4v) is 3.20. The summed E-state index contributed by atoms with van der Waals surface area (Å²) < 4.78 is 0.645. The molecule has 1 saturated heterocycles. The van der Waals surface area contributed by atoms with E-state index in [4.69, 9.17) is 0 Å². The van der Waals surface area contributed by atoms with Crippen LogP contribution in [0.25, 0.3) is 10.9 Å². The van der Waals surface area contributed by atoms with E-state index in [1.807, 2.05) is 6.92 Å². The molecule has 8 heteroatoms. The Balaban J connectivity index is 2.22. The molecule has 2 aromatic rings. The summed E-state index contributed by atoms with van der Waals surface area (Å²) in [5.74, 6) is 0. The van der Waals surface area contributed by atoms with Crippen molar-refractivity contribution in [3.63, 3.8) is 0 Å². The van der Waals surface area contributed by atoms with Gasteiger partial charge in [-0.2, -0.15) is 0 Å². The Kier molecular flexibility index (Phi) is 3.69. The molecule has 114 valence electrons. The fourth-order valence-electron chi connectivity index (χ4n) is 2.67. The van der Waals surface area contributed by atoms with Gasteiger partial charge in [0.1, 0.15) is 5.52 Å². The number of carbonyl (C=O) groups is 1. The van der Waals surface area contributed by atoms with E-state index in [-0.39, 0.29) is 17.2 Å². The number of hydrogen-bond donors (Lipinski definition) is 0. The molecule has 0 N–H and O–H groups in total. The summed E-state index contributed by atoms with van der Waals surface area (Å²) in [4.78, 5) is 30.7. The van der Waals surface area contributed by atoms with E-state index in [0.717, 1.165) is 0 Å². The normalized spacial score (nSPS) is 14.9. The van der Waals surface area contributed by atoms with Gasteiger partial charge in [0.25, 0.3) is 5.69 Å². The lowest BCUT2D eigenvalue weighted by atomic mass is 10.1. The molecule has 0 aliphatic carbocycles. The average molecular weight is 365 g/mol. The summed E-state index contributed by atoms with van der Waals surface area (Å²) in [6, 6.07) is 4.67. The van der Waals surface area contributed by atoms with Crippen molar-refractivity contribution in [3.8, 4) is 0 Å². The quantitative estimate of drug-likeness (QED) is 0.618. The van der Waals surface area contributed by atoms with E-state index in [9.17, 15) is 14.9 Å². The number of nitro groups is 1. The molecule has 0 spiro atoms. The second kappa shape index (κ2) is 5.53. The highest BCUT2D eigenvalue weighted by Crippen LogP contribution is 2.37. The molecule has 3 rings (SSSR count). The van der Waals surface area contributed by atoms with Crippen LogP contribution in [0.3, 0.4) is 0 Å². The van der Waals surface area contributed by atoms with Gasteiger partial charge in [-0.25, -0.2) is 9.78 Å². The van der Waals surface area contributed by atoms with Crippen LogP contribution in [-0.2, 0) is 0 Å². The number of fused-ring (bicyclic) bond motifs is 1. The molecule has 2 heterocycles. The monoisotopic (exact) mass is 364 g/mol. The van der Waals surface area contributed by atoms with Crippen molar-refractivity contribution in [3.05, 3.63) is 39.0 Å². The molecule has 0 unspecified atom stereocenters. The number of aromatic nitrogens is 1. The van der Waals surface area contributed by atoms with Crippen LogP contribution in [0.15, 0.2) is 28.9 Å². The molecule has 22 heavy (non-hydrogen) atoms. The van der Waals surface area contributed by atoms with Crippen molar-refractivity contribution < 1.29 is 9.72 Å². The van der Waals surface area contributed by atoms with E-state index < -0.39 is 4.92 Å². The molecular formula is C14H13BrN4O3. The molecule has 2 amide bonds. The smallest absolute Gasteiger partial charge is 0.323 e. The molecule has 1 aliphatic rings. The largest absolute Gasteiger partial charge is 0.324 e. The van der Waals surface area contributed by atoms with Gasteiger partial charge in [-0.1, -0.05) is 12.1 Å². The Morgan fingerprint density at radius 1 is 1.41 bits per heavy atom. The Bertz CT molecular complexity index is 780. The summed E-state index contributed by atoms with van der Waals surface area (Å²) >= 11 is 3.41. The second-order valence-electron chi connectivity index (χ2n) is 4.90. The van der Waals surface area contributed by atoms with Gasteiger partial charge >= 0.3 is 6.03 Å². The fraction of sp³-hybridized carbons (Fsp3) is 0.286. The van der Waals surface area contributed by atoms with Crippen LogP contribution in [0.2, 0.25) is 0 Å². The molecule has 0 saturated carbocycles. The van der Waals surface area contributed by atoms with Crippen molar-refractivity contribution in [2.24, 2.45) is 0 Å². The molecular weight excluding hydrogens is 352 g/mol. The number of nitrogens with zero attached hydrogens (tertiary/aromatic N) is 4. The predicted molar refractivity (Wildman–Crippen MR) is 86.1 cm³/mol. The summed E-state index contributed by atoms with van der Waals surface area (Å²) in [5.41, 5.74) is 0.855. The van der Waals surface area contributed by atoms with Crippen molar-refractivity contribution >= 4 is 44.2 Å². The van der Waals surface area contributed by atoms with Gasteiger partial charge in [0, 0.05) is 37.3 Å². The third-order valence-corrected chi connectivity index (χ3v) is 4.33. The lowest BCUT2D eigenvalue weighted by Crippen LogP contribution is -2.31. The number of amides is 2. The zero-order valence-corrected chi connectivity index (χ0v) is 13.4. The minimum atomic E-state index is -0.461. The van der Waals surface area contributed by atoms with E-state index >= 15 is 0 Å². The van der Waals surface area contributed by atoms with Crippen molar-refractivity contribution in [2.45, 2.75) is 6.92 Å². The third kappa shape index (κ3) is 2.19. The number of hydrogen-bond acceptors (Lipinski definition) is 4. The van der Waals surface area contributed by atoms with Crippen LogP contribution in [0.5, 0.6) is 0 Å². The van der Waals surface area contributed by atoms with Crippen molar-refractivity contribution in [1.29, 1.82) is 0 Å². The lowest BCUT2D eigenvalue weighted by molar-refractivity contribution is -0.383. The Morgan fingerprint density at radius 3 is 2.82 bits per heavy atom. The van der Waals surface area contributed by atoms with Gasteiger partial charge in [-0.15, -0.1) is 0 Å². The number of urea groups is 1. The highest BCUT2D eigenvalue weighted by Gasteiger charge is 2.31. The number of rotatable bonds is 3. The Labute approximate surface area is 134 Å². The molecule has 0 bridgehead atoms. The zero-order chi connectivity index (χ0) is 15.9. The standard InChI is InChI=1S/C14H13BrN4O3/c1-2-17-6-7-18(14(17)20)13-9-4-3-5-11(19(21)22)12(9)16-8-10(13)15/h3-5,8H,2,6-7H2,1H3. The molecule has 0 atom stereocenters. The zero-order valence-electron chi connectivity index (χ0n) is 11.8. The molecule has 1 aromatic heterocycles. The van der Waals surface area contributed by atoms with Crippen molar-refractivity contribution in [1.82, 2.24) is 9.88 Å². The van der Waals surface area contributed by atoms with Gasteiger partial charge in [-0.05, 0) is 22.9 Å². The molecule has 1 aromatic carbocycles. The number of carbonyl (C=O) groups excluding carboxylic acids is 1. The minimum absolute atomic E-state index is 0.0646. The number of pyridine rings is 1. The van der Waals surface area contributed by atoms with Crippen molar-refractivity contribution in [2.75, 3.05) is 24.5 Å². The SMILES string of the molecule is CCN1CCN(c2c(Br)cnc3c([N+](=O)[O-])cccc23)C1=O. The number of para-hydroxylation sites is 1. The van der Waals surface area contributed by atoms with Crippen LogP contribution in [0.1, 0.15) is 6.92 Å². The van der Waals surface area contributed by atoms with Gasteiger partial charge in [0.05, 0.1) is 15.1 Å². The third-order valence-electron chi connectivity index (χ3n) is 3.75. The Hall–Kier alpha value is -2.22. The van der Waals surface area contributed by atoms with E-state index in [0.29, 0.717) is 35.2 Å². The highest BCUT2D eigenvalue weighted by molar-refractivity contribution is 9.10. The first-order valence-electron chi connectivity index (χ1n) is 6.82. The number of likely N-dealkylation sites (N-methyl/N-ethyl adjacent to an activating group) is 1. The molecule has 1 aliphatic heterocycles. The highest BCUT2D eigenvalue weighted by atomic mass is 79.9. The van der Waals surface area contributed by atoms with Crippen LogP contribution in [0, 0.1) is 10.1 Å². The molecule has 7 nitrogen and oxygen atoms in total. The number of non-ortho nitro benzene ring substituents is 1. The summed E-state index contributed by atoms with van der Waals surface area (Å²) in [6.07, 6.45) is 1.51. The lowest BCUT2D eigenvalue weighted by Gasteiger charge is -2.20. The van der Waals surface area contributed by atoms with Gasteiger partial charge in [-0.3, -0.25) is 15.0 Å². The van der Waals surface area contributed by atoms with Gasteiger partial charge in [0.2, 0.25) is 0 Å². The number of benzene rings is 1. The predicted octanol–water partition coefficient (Wildman–Crippen LogP) is 3.17. The Morgan fingerprint density at radius 2 is 2.18 bits per heavy atom. The first-order chi connectivity index (χ1) is 10.5. The van der Waals surface area contributed by atoms with E-state index in [1.54, 1.807) is 21.9 Å². The maximum absolute atomic E-state index is 12.4. The summed E-state index contributed by atoms with van der Waals surface area (Å²) in [6.45, 7) is 3.75. The van der Waals surface area contributed by atoms with Crippen LogP contribution in [0.4, 0.5) is 16.2 Å². The summed E-state index contributed by atoms with van der Waals surface area (Å²) in [7, 11) is 0. The summed E-state index contributed by atoms with van der Waals surface area (Å²) in [5, 5.41) is 11.8. The van der Waals surface area contributed by atoms with Gasteiger partial charge < -0.3 is 4.90 Å². The topological polar surface area (TPSA) is 79.6 Å². The average Bonchev–Trinajstić information content (AvgIpc) is 2.87. The molecule has 0 radical (unpaired) electrons. The number of halogens is 1. The van der Waals surface area contributed by atoms with Crippen LogP contribution in [-0.4, -0.2) is 40.5 Å². The van der Waals surface area contributed by atoms with Crippen LogP contribution < -0.4 is 4.90 Å².